The molecular weight excluding hydrogens is 400 g/mol. The molecule has 0 radical (unpaired) electrons. The molecule has 0 saturated carbocycles. The molecule has 4 rings (SSSR count). The quantitative estimate of drug-likeness (QED) is 0.540. The largest absolute Gasteiger partial charge is 0.334 e. The monoisotopic (exact) mass is 430 g/mol. The van der Waals surface area contributed by atoms with Gasteiger partial charge in [-0.25, -0.2) is 4.79 Å². The van der Waals surface area contributed by atoms with Gasteiger partial charge in [-0.15, -0.1) is 0 Å². The van der Waals surface area contributed by atoms with Crippen LogP contribution >= 0.6 is 0 Å². The first-order chi connectivity index (χ1) is 15.4. The number of nitrogens with zero attached hydrogens (tertiary/aromatic N) is 3. The number of hydrogen-bond donors (Lipinski definition) is 1. The predicted molar refractivity (Wildman–Crippen MR) is 126 cm³/mol. The van der Waals surface area contributed by atoms with Crippen molar-refractivity contribution in [3.63, 3.8) is 0 Å². The number of aryl methyl sites for hydroxylation is 2. The molecule has 0 aliphatic carbocycles. The standard InChI is InChI=1S/C26H30N4O2/c1-6-19-9-13-20(14-10-19)23-22(18(5)30(15-16(2)3)26(31)27-23)25-28-24(29-32-25)21-11-7-17(4)8-12-21/h7-14,16,23H,6,15H2,1-5H3,(H,27,31). The maximum Gasteiger partial charge on any atom is 0.322 e. The molecule has 1 aliphatic heterocycles. The topological polar surface area (TPSA) is 71.3 Å². The highest BCUT2D eigenvalue weighted by atomic mass is 16.5. The zero-order chi connectivity index (χ0) is 22.8. The molecule has 2 aromatic carbocycles. The second kappa shape index (κ2) is 8.99. The first-order valence-electron chi connectivity index (χ1n) is 11.2. The van der Waals surface area contributed by atoms with E-state index in [-0.39, 0.29) is 12.1 Å². The van der Waals surface area contributed by atoms with Crippen molar-refractivity contribution in [2.45, 2.75) is 47.1 Å². The molecule has 6 heteroatoms. The normalized spacial score (nSPS) is 16.6. The van der Waals surface area contributed by atoms with Crippen LogP contribution in [0.5, 0.6) is 0 Å². The zero-order valence-electron chi connectivity index (χ0n) is 19.3. The molecule has 166 valence electrons. The van der Waals surface area contributed by atoms with Crippen molar-refractivity contribution in [3.05, 3.63) is 76.8 Å². The molecule has 2 amide bonds. The van der Waals surface area contributed by atoms with Crippen LogP contribution in [0.15, 0.2) is 58.8 Å². The molecular formula is C26H30N4O2. The summed E-state index contributed by atoms with van der Waals surface area (Å²) in [7, 11) is 0. The number of benzene rings is 2. The number of carbonyl (C=O) groups is 1. The zero-order valence-corrected chi connectivity index (χ0v) is 19.3. The van der Waals surface area contributed by atoms with Crippen LogP contribution in [0.4, 0.5) is 4.79 Å². The molecule has 0 bridgehead atoms. The number of nitrogens with one attached hydrogen (secondary N) is 1. The van der Waals surface area contributed by atoms with Gasteiger partial charge in [0.15, 0.2) is 0 Å². The van der Waals surface area contributed by atoms with E-state index in [0.717, 1.165) is 28.8 Å². The van der Waals surface area contributed by atoms with Gasteiger partial charge >= 0.3 is 6.03 Å². The molecule has 1 atom stereocenters. The third-order valence-electron chi connectivity index (χ3n) is 5.83. The van der Waals surface area contributed by atoms with Crippen molar-refractivity contribution >= 4 is 11.6 Å². The van der Waals surface area contributed by atoms with Gasteiger partial charge in [0.2, 0.25) is 5.82 Å². The van der Waals surface area contributed by atoms with Gasteiger partial charge in [-0.3, -0.25) is 4.90 Å². The number of hydrogen-bond acceptors (Lipinski definition) is 4. The van der Waals surface area contributed by atoms with Crippen LogP contribution in [-0.2, 0) is 6.42 Å². The van der Waals surface area contributed by atoms with Crippen LogP contribution in [0.1, 0.15) is 56.3 Å². The van der Waals surface area contributed by atoms with E-state index in [0.29, 0.717) is 24.2 Å². The Hall–Kier alpha value is -3.41. The first-order valence-corrected chi connectivity index (χ1v) is 11.2. The Kier molecular flexibility index (Phi) is 6.12. The van der Waals surface area contributed by atoms with Crippen LogP contribution in [0.2, 0.25) is 0 Å². The van der Waals surface area contributed by atoms with E-state index in [1.165, 1.54) is 11.1 Å². The molecule has 2 heterocycles. The van der Waals surface area contributed by atoms with Crippen LogP contribution in [0.3, 0.4) is 0 Å². The van der Waals surface area contributed by atoms with Crippen molar-refractivity contribution < 1.29 is 9.32 Å². The highest BCUT2D eigenvalue weighted by Gasteiger charge is 2.35. The van der Waals surface area contributed by atoms with Gasteiger partial charge in [-0.1, -0.05) is 80.0 Å². The lowest BCUT2D eigenvalue weighted by Crippen LogP contribution is -2.47. The molecule has 6 nitrogen and oxygen atoms in total. The fourth-order valence-electron chi connectivity index (χ4n) is 3.99. The lowest BCUT2D eigenvalue weighted by molar-refractivity contribution is 0.199. The molecule has 0 spiro atoms. The smallest absolute Gasteiger partial charge is 0.322 e. The minimum atomic E-state index is -0.358. The van der Waals surface area contributed by atoms with Gasteiger partial charge in [-0.05, 0) is 37.3 Å². The van der Waals surface area contributed by atoms with Crippen molar-refractivity contribution in [2.75, 3.05) is 6.54 Å². The minimum absolute atomic E-state index is 0.109. The lowest BCUT2D eigenvalue weighted by Gasteiger charge is -2.36. The Morgan fingerprint density at radius 1 is 1.06 bits per heavy atom. The van der Waals surface area contributed by atoms with E-state index in [4.69, 9.17) is 9.51 Å². The average Bonchev–Trinajstić information content (AvgIpc) is 3.26. The van der Waals surface area contributed by atoms with Crippen molar-refractivity contribution in [1.29, 1.82) is 0 Å². The Labute approximate surface area is 189 Å². The second-order valence-electron chi connectivity index (χ2n) is 8.77. The summed E-state index contributed by atoms with van der Waals surface area (Å²) in [6.07, 6.45) is 0.963. The van der Waals surface area contributed by atoms with Gasteiger partial charge in [0.05, 0.1) is 11.6 Å². The Morgan fingerprint density at radius 2 is 1.75 bits per heavy atom. The molecule has 3 aromatic rings. The SMILES string of the molecule is CCc1ccc(C2NC(=O)N(CC(C)C)C(C)=C2c2nc(-c3ccc(C)cc3)no2)cc1. The van der Waals surface area contributed by atoms with E-state index < -0.39 is 0 Å². The molecule has 1 aromatic heterocycles. The van der Waals surface area contributed by atoms with Crippen LogP contribution in [0, 0.1) is 12.8 Å². The van der Waals surface area contributed by atoms with Gasteiger partial charge in [0.25, 0.3) is 5.89 Å². The van der Waals surface area contributed by atoms with Gasteiger partial charge < -0.3 is 9.84 Å². The highest BCUT2D eigenvalue weighted by Crippen LogP contribution is 2.37. The second-order valence-corrected chi connectivity index (χ2v) is 8.77. The lowest BCUT2D eigenvalue weighted by atomic mass is 9.93. The number of amides is 2. The number of urea groups is 1. The molecule has 1 unspecified atom stereocenters. The van der Waals surface area contributed by atoms with Crippen LogP contribution in [0.25, 0.3) is 17.0 Å². The summed E-state index contributed by atoms with van der Waals surface area (Å²) in [6, 6.07) is 15.9. The first kappa shape index (κ1) is 21.8. The minimum Gasteiger partial charge on any atom is -0.334 e. The van der Waals surface area contributed by atoms with E-state index >= 15 is 0 Å². The summed E-state index contributed by atoms with van der Waals surface area (Å²) >= 11 is 0. The predicted octanol–water partition coefficient (Wildman–Crippen LogP) is 5.76. The highest BCUT2D eigenvalue weighted by molar-refractivity contribution is 5.86. The maximum atomic E-state index is 13.0. The fourth-order valence-corrected chi connectivity index (χ4v) is 3.99. The summed E-state index contributed by atoms with van der Waals surface area (Å²) < 4.78 is 5.75. The molecule has 0 fully saturated rings. The molecule has 1 N–H and O–H groups in total. The van der Waals surface area contributed by atoms with Crippen molar-refractivity contribution in [1.82, 2.24) is 20.4 Å². The van der Waals surface area contributed by atoms with Gasteiger partial charge in [0, 0.05) is 17.8 Å². The van der Waals surface area contributed by atoms with E-state index in [1.807, 2.05) is 38.1 Å². The maximum absolute atomic E-state index is 13.0. The fraction of sp³-hybridized carbons (Fsp3) is 0.346. The summed E-state index contributed by atoms with van der Waals surface area (Å²) in [6.45, 7) is 10.9. The van der Waals surface area contributed by atoms with E-state index in [9.17, 15) is 4.79 Å². The summed E-state index contributed by atoms with van der Waals surface area (Å²) in [5, 5.41) is 7.40. The molecule has 32 heavy (non-hydrogen) atoms. The number of aromatic nitrogens is 2. The Balaban J connectivity index is 1.79. The van der Waals surface area contributed by atoms with Crippen LogP contribution < -0.4 is 5.32 Å². The number of rotatable bonds is 6. The van der Waals surface area contributed by atoms with Crippen molar-refractivity contribution in [2.24, 2.45) is 5.92 Å². The summed E-state index contributed by atoms with van der Waals surface area (Å²) in [4.78, 5) is 19.5. The van der Waals surface area contributed by atoms with Crippen molar-refractivity contribution in [3.8, 4) is 11.4 Å². The van der Waals surface area contributed by atoms with Gasteiger partial charge in [0.1, 0.15) is 0 Å². The van der Waals surface area contributed by atoms with E-state index in [1.54, 1.807) is 4.90 Å². The molecule has 0 saturated heterocycles. The number of allylic oxidation sites excluding steroid dienone is 1. The Bertz CT molecular complexity index is 1130. The third-order valence-corrected chi connectivity index (χ3v) is 5.83. The van der Waals surface area contributed by atoms with Crippen LogP contribution in [-0.4, -0.2) is 27.6 Å². The summed E-state index contributed by atoms with van der Waals surface area (Å²) in [5.74, 6) is 1.28. The average molecular weight is 431 g/mol. The molecule has 1 aliphatic rings. The Morgan fingerprint density at radius 3 is 2.38 bits per heavy atom. The van der Waals surface area contributed by atoms with E-state index in [2.05, 4.69) is 55.5 Å². The summed E-state index contributed by atoms with van der Waals surface area (Å²) in [5.41, 5.74) is 5.98. The third kappa shape index (κ3) is 4.31. The number of carbonyl (C=O) groups excluding carboxylic acids is 1. The van der Waals surface area contributed by atoms with Gasteiger partial charge in [-0.2, -0.15) is 4.98 Å².